The Morgan fingerprint density at radius 1 is 1.60 bits per heavy atom. The highest BCUT2D eigenvalue weighted by Crippen LogP contribution is 2.35. The van der Waals surface area contributed by atoms with E-state index >= 15 is 0 Å². The highest BCUT2D eigenvalue weighted by Gasteiger charge is 2.53. The molecule has 4 heteroatoms. The molecule has 4 atom stereocenters. The number of carbonyl (C=O) groups is 1. The summed E-state index contributed by atoms with van der Waals surface area (Å²) in [5, 5.41) is 19.2. The number of hydrogen-bond acceptors (Lipinski definition) is 4. The van der Waals surface area contributed by atoms with Crippen LogP contribution < -0.4 is 0 Å². The second-order valence-electron chi connectivity index (χ2n) is 4.19. The second kappa shape index (κ2) is 3.56. The summed E-state index contributed by atoms with van der Waals surface area (Å²) >= 11 is 0. The van der Waals surface area contributed by atoms with Crippen molar-refractivity contribution in [2.75, 3.05) is 0 Å². The van der Waals surface area contributed by atoms with Gasteiger partial charge in [-0.25, -0.2) is 0 Å². The van der Waals surface area contributed by atoms with Gasteiger partial charge in [0.2, 0.25) is 0 Å². The normalized spacial score (nSPS) is 35.3. The summed E-state index contributed by atoms with van der Waals surface area (Å²) in [5.74, 6) is -0.213. The first-order valence-electron chi connectivity index (χ1n) is 4.93. The monoisotopic (exact) mass is 210 g/mol. The highest BCUT2D eigenvalue weighted by atomic mass is 16.6. The molecule has 1 saturated heterocycles. The van der Waals surface area contributed by atoms with E-state index in [-0.39, 0.29) is 17.5 Å². The van der Waals surface area contributed by atoms with Gasteiger partial charge in [-0.15, -0.1) is 0 Å². The molecular formula is C11H14O4. The first-order chi connectivity index (χ1) is 7.00. The highest BCUT2D eigenvalue weighted by molar-refractivity contribution is 6.03. The smallest absolute Gasteiger partial charge is 0.193 e. The van der Waals surface area contributed by atoms with E-state index in [1.165, 1.54) is 6.08 Å². The van der Waals surface area contributed by atoms with Gasteiger partial charge in [0.05, 0.1) is 0 Å². The molecule has 0 unspecified atom stereocenters. The molecule has 0 aromatic carbocycles. The van der Waals surface area contributed by atoms with Crippen LogP contribution in [0.2, 0.25) is 0 Å². The summed E-state index contributed by atoms with van der Waals surface area (Å²) in [4.78, 5) is 11.6. The Bertz CT molecular complexity index is 352. The number of aliphatic hydroxyl groups excluding tert-OH is 2. The third-order valence-electron chi connectivity index (χ3n) is 2.57. The Morgan fingerprint density at radius 2 is 2.27 bits per heavy atom. The van der Waals surface area contributed by atoms with E-state index in [1.54, 1.807) is 6.08 Å². The van der Waals surface area contributed by atoms with Gasteiger partial charge in [0.15, 0.2) is 5.78 Å². The molecule has 0 saturated carbocycles. The zero-order valence-electron chi connectivity index (χ0n) is 8.68. The number of ether oxygens (including phenoxy) is 1. The maximum atomic E-state index is 11.6. The topological polar surface area (TPSA) is 70.1 Å². The lowest BCUT2D eigenvalue weighted by molar-refractivity contribution is -0.117. The molecule has 2 aliphatic rings. The van der Waals surface area contributed by atoms with E-state index in [1.807, 2.05) is 13.8 Å². The molecule has 0 aromatic rings. The molecule has 2 N–H and O–H groups in total. The van der Waals surface area contributed by atoms with Crippen LogP contribution in [0.15, 0.2) is 23.3 Å². The lowest BCUT2D eigenvalue weighted by Crippen LogP contribution is -2.31. The zero-order chi connectivity index (χ0) is 11.2. The Balaban J connectivity index is 2.21. The Kier molecular flexibility index (Phi) is 2.50. The molecular weight excluding hydrogens is 196 g/mol. The number of ketones is 1. The first kappa shape index (κ1) is 10.5. The lowest BCUT2D eigenvalue weighted by atomic mass is 9.92. The zero-order valence-corrected chi connectivity index (χ0v) is 8.68. The molecule has 1 heterocycles. The molecule has 15 heavy (non-hydrogen) atoms. The van der Waals surface area contributed by atoms with Crippen molar-refractivity contribution in [3.8, 4) is 0 Å². The van der Waals surface area contributed by atoms with Crippen molar-refractivity contribution in [1.29, 1.82) is 0 Å². The van der Waals surface area contributed by atoms with E-state index in [4.69, 9.17) is 4.74 Å². The molecule has 1 aliphatic heterocycles. The van der Waals surface area contributed by atoms with Crippen molar-refractivity contribution in [2.24, 2.45) is 0 Å². The number of Topliss-reactive ketones (excluding diaryl/α,β-unsaturated/α-hetero) is 1. The van der Waals surface area contributed by atoms with Gasteiger partial charge in [-0.3, -0.25) is 4.79 Å². The Labute approximate surface area is 87.9 Å². The summed E-state index contributed by atoms with van der Waals surface area (Å²) in [7, 11) is 0. The van der Waals surface area contributed by atoms with Gasteiger partial charge in [0.25, 0.3) is 0 Å². The molecule has 2 rings (SSSR count). The fourth-order valence-corrected chi connectivity index (χ4v) is 1.77. The van der Waals surface area contributed by atoms with E-state index in [0.29, 0.717) is 0 Å². The minimum Gasteiger partial charge on any atom is -0.386 e. The molecule has 4 nitrogen and oxygen atoms in total. The quantitative estimate of drug-likeness (QED) is 0.495. The lowest BCUT2D eigenvalue weighted by Gasteiger charge is -2.15. The molecule has 1 aliphatic carbocycles. The molecule has 0 amide bonds. The van der Waals surface area contributed by atoms with Crippen LogP contribution in [0.3, 0.4) is 0 Å². The van der Waals surface area contributed by atoms with Crippen LogP contribution in [0.25, 0.3) is 0 Å². The molecule has 0 bridgehead atoms. The van der Waals surface area contributed by atoms with Crippen LogP contribution >= 0.6 is 0 Å². The van der Waals surface area contributed by atoms with Gasteiger partial charge >= 0.3 is 0 Å². The number of carbonyl (C=O) groups excluding carboxylic acids is 1. The number of epoxide rings is 1. The van der Waals surface area contributed by atoms with E-state index in [0.717, 1.165) is 5.57 Å². The van der Waals surface area contributed by atoms with E-state index in [9.17, 15) is 15.0 Å². The van der Waals surface area contributed by atoms with Crippen molar-refractivity contribution in [2.45, 2.75) is 38.3 Å². The molecule has 0 aromatic heterocycles. The summed E-state index contributed by atoms with van der Waals surface area (Å²) < 4.78 is 5.00. The minimum atomic E-state index is -0.942. The number of hydrogen-bond donors (Lipinski definition) is 2. The molecule has 0 radical (unpaired) electrons. The number of allylic oxidation sites excluding steroid dienone is 1. The third-order valence-corrected chi connectivity index (χ3v) is 2.57. The summed E-state index contributed by atoms with van der Waals surface area (Å²) in [6.07, 6.45) is 0.324. The van der Waals surface area contributed by atoms with Crippen LogP contribution in [0.1, 0.15) is 13.8 Å². The molecule has 0 spiro atoms. The van der Waals surface area contributed by atoms with Gasteiger partial charge < -0.3 is 14.9 Å². The van der Waals surface area contributed by atoms with Gasteiger partial charge in [-0.2, -0.15) is 0 Å². The summed E-state index contributed by atoms with van der Waals surface area (Å²) in [6, 6.07) is 0. The summed E-state index contributed by atoms with van der Waals surface area (Å²) in [6.45, 7) is 3.67. The number of fused-ring (bicyclic) bond motifs is 1. The fourth-order valence-electron chi connectivity index (χ4n) is 1.77. The maximum Gasteiger partial charge on any atom is 0.193 e. The maximum absolute atomic E-state index is 11.6. The van der Waals surface area contributed by atoms with Gasteiger partial charge in [-0.05, 0) is 19.9 Å². The van der Waals surface area contributed by atoms with Crippen molar-refractivity contribution in [1.82, 2.24) is 0 Å². The van der Waals surface area contributed by atoms with Crippen molar-refractivity contribution in [3.63, 3.8) is 0 Å². The van der Waals surface area contributed by atoms with E-state index in [2.05, 4.69) is 0 Å². The average molecular weight is 210 g/mol. The summed E-state index contributed by atoms with van der Waals surface area (Å²) in [5.41, 5.74) is 1.16. The van der Waals surface area contributed by atoms with Crippen molar-refractivity contribution >= 4 is 5.78 Å². The largest absolute Gasteiger partial charge is 0.386 e. The SMILES string of the molecule is CC(C)=C[C@@H](O)C1=C[C@@H](O)[C@@H]2O[C@@H]2C1=O. The predicted molar refractivity (Wildman–Crippen MR) is 53.2 cm³/mol. The van der Waals surface area contributed by atoms with Gasteiger partial charge in [0.1, 0.15) is 24.4 Å². The van der Waals surface area contributed by atoms with Crippen LogP contribution in [0.5, 0.6) is 0 Å². The number of rotatable bonds is 2. The first-order valence-corrected chi connectivity index (χ1v) is 4.93. The fraction of sp³-hybridized carbons (Fsp3) is 0.545. The van der Waals surface area contributed by atoms with Crippen molar-refractivity contribution < 1.29 is 19.7 Å². The van der Waals surface area contributed by atoms with Crippen molar-refractivity contribution in [3.05, 3.63) is 23.3 Å². The Hall–Kier alpha value is -0.970. The predicted octanol–water partition coefficient (Wildman–Crippen LogP) is -0.0491. The van der Waals surface area contributed by atoms with E-state index < -0.39 is 18.3 Å². The molecule has 82 valence electrons. The standard InChI is InChI=1S/C11H14O4/c1-5(2)3-7(12)6-4-8(13)10-11(15-10)9(6)14/h3-4,7-8,10-13H,1-2H3/t7-,8-,10+,11-/m1/s1. The average Bonchev–Trinajstić information content (AvgIpc) is 2.89. The second-order valence-corrected chi connectivity index (χ2v) is 4.19. The molecule has 1 fully saturated rings. The van der Waals surface area contributed by atoms with Crippen LogP contribution in [-0.4, -0.2) is 40.4 Å². The Morgan fingerprint density at radius 3 is 2.87 bits per heavy atom. The van der Waals surface area contributed by atoms with Crippen LogP contribution in [-0.2, 0) is 9.53 Å². The minimum absolute atomic E-state index is 0.213. The third kappa shape index (κ3) is 1.88. The van der Waals surface area contributed by atoms with Gasteiger partial charge in [0, 0.05) is 5.57 Å². The van der Waals surface area contributed by atoms with Gasteiger partial charge in [-0.1, -0.05) is 11.6 Å². The number of aliphatic hydroxyl groups is 2. The van der Waals surface area contributed by atoms with Crippen LogP contribution in [0, 0.1) is 0 Å². The van der Waals surface area contributed by atoms with Crippen LogP contribution in [0.4, 0.5) is 0 Å².